The SMILES string of the molecule is CC1(C2=NOC3(CC3)C2)[C@@H]2CN(C(=O)c3cn(C4(C)CC4)cn3)C[C@@H]21. The van der Waals surface area contributed by atoms with E-state index in [1.165, 1.54) is 18.6 Å². The highest BCUT2D eigenvalue weighted by Gasteiger charge is 2.70. The van der Waals surface area contributed by atoms with Gasteiger partial charge in [-0.05, 0) is 44.4 Å². The summed E-state index contributed by atoms with van der Waals surface area (Å²) in [5.41, 5.74) is 2.25. The Balaban J connectivity index is 1.15. The first-order valence-electron chi connectivity index (χ1n) is 9.53. The molecule has 5 aliphatic rings. The van der Waals surface area contributed by atoms with E-state index in [-0.39, 0.29) is 22.5 Å². The number of oxime groups is 1. The molecule has 25 heavy (non-hydrogen) atoms. The van der Waals surface area contributed by atoms with Gasteiger partial charge in [0, 0.05) is 36.7 Å². The summed E-state index contributed by atoms with van der Waals surface area (Å²) >= 11 is 0. The van der Waals surface area contributed by atoms with E-state index in [2.05, 4.69) is 28.6 Å². The molecular formula is C19H24N4O2. The maximum absolute atomic E-state index is 12.8. The summed E-state index contributed by atoms with van der Waals surface area (Å²) in [6.07, 6.45) is 9.41. The lowest BCUT2D eigenvalue weighted by Gasteiger charge is -2.23. The van der Waals surface area contributed by atoms with Gasteiger partial charge < -0.3 is 14.3 Å². The van der Waals surface area contributed by atoms with Crippen molar-refractivity contribution in [2.45, 2.75) is 57.1 Å². The topological polar surface area (TPSA) is 59.7 Å². The van der Waals surface area contributed by atoms with Crippen molar-refractivity contribution in [1.82, 2.24) is 14.5 Å². The van der Waals surface area contributed by atoms with Crippen molar-refractivity contribution >= 4 is 11.6 Å². The van der Waals surface area contributed by atoms with Gasteiger partial charge in [0.25, 0.3) is 5.91 Å². The fourth-order valence-electron chi connectivity index (χ4n) is 5.02. The fourth-order valence-corrected chi connectivity index (χ4v) is 5.02. The molecule has 3 saturated carbocycles. The predicted octanol–water partition coefficient (Wildman–Crippen LogP) is 2.41. The van der Waals surface area contributed by atoms with Gasteiger partial charge in [-0.3, -0.25) is 4.79 Å². The molecule has 1 spiro atoms. The molecule has 4 fully saturated rings. The molecule has 0 radical (unpaired) electrons. The summed E-state index contributed by atoms with van der Waals surface area (Å²) in [5.74, 6) is 1.16. The van der Waals surface area contributed by atoms with Gasteiger partial charge in [-0.2, -0.15) is 0 Å². The molecule has 0 N–H and O–H groups in total. The Morgan fingerprint density at radius 3 is 2.52 bits per heavy atom. The van der Waals surface area contributed by atoms with Gasteiger partial charge in [-0.1, -0.05) is 12.1 Å². The Labute approximate surface area is 147 Å². The number of hydrogen-bond acceptors (Lipinski definition) is 4. The maximum Gasteiger partial charge on any atom is 0.274 e. The smallest absolute Gasteiger partial charge is 0.274 e. The van der Waals surface area contributed by atoms with Crippen LogP contribution in [-0.2, 0) is 10.4 Å². The number of aromatic nitrogens is 2. The van der Waals surface area contributed by atoms with Crippen molar-refractivity contribution < 1.29 is 9.63 Å². The molecule has 3 aliphatic carbocycles. The first-order chi connectivity index (χ1) is 11.9. The van der Waals surface area contributed by atoms with Crippen molar-refractivity contribution in [3.8, 4) is 0 Å². The molecule has 0 bridgehead atoms. The number of likely N-dealkylation sites (tertiary alicyclic amines) is 1. The molecule has 6 nitrogen and oxygen atoms in total. The van der Waals surface area contributed by atoms with E-state index in [4.69, 9.17) is 4.84 Å². The van der Waals surface area contributed by atoms with E-state index in [9.17, 15) is 4.79 Å². The first-order valence-corrected chi connectivity index (χ1v) is 9.53. The lowest BCUT2D eigenvalue weighted by molar-refractivity contribution is 0.0650. The van der Waals surface area contributed by atoms with Crippen LogP contribution in [-0.4, -0.2) is 44.8 Å². The third kappa shape index (κ3) is 1.83. The fraction of sp³-hybridized carbons (Fsp3) is 0.737. The molecule has 132 valence electrons. The summed E-state index contributed by atoms with van der Waals surface area (Å²) in [6.45, 7) is 6.19. The van der Waals surface area contributed by atoms with E-state index in [0.29, 0.717) is 17.5 Å². The molecule has 1 aromatic rings. The normalized spacial score (nSPS) is 38.3. The van der Waals surface area contributed by atoms with Gasteiger partial charge >= 0.3 is 0 Å². The van der Waals surface area contributed by atoms with E-state index >= 15 is 0 Å². The van der Waals surface area contributed by atoms with E-state index < -0.39 is 0 Å². The molecule has 6 rings (SSSR count). The molecule has 0 aromatic carbocycles. The van der Waals surface area contributed by atoms with Gasteiger partial charge in [0.2, 0.25) is 0 Å². The Kier molecular flexibility index (Phi) is 2.35. The zero-order valence-corrected chi connectivity index (χ0v) is 14.9. The largest absolute Gasteiger partial charge is 0.389 e. The zero-order valence-electron chi connectivity index (χ0n) is 14.9. The van der Waals surface area contributed by atoms with Crippen molar-refractivity contribution in [2.75, 3.05) is 13.1 Å². The Bertz CT molecular complexity index is 805. The number of fused-ring (bicyclic) bond motifs is 1. The van der Waals surface area contributed by atoms with Crippen LogP contribution in [0, 0.1) is 17.3 Å². The number of rotatable bonds is 3. The minimum atomic E-state index is 0.0660. The van der Waals surface area contributed by atoms with Crippen molar-refractivity contribution in [3.05, 3.63) is 18.2 Å². The van der Waals surface area contributed by atoms with Crippen molar-refractivity contribution in [1.29, 1.82) is 0 Å². The Morgan fingerprint density at radius 2 is 1.92 bits per heavy atom. The average Bonchev–Trinajstić information content (AvgIpc) is 3.44. The number of piperidine rings is 1. The highest BCUT2D eigenvalue weighted by molar-refractivity contribution is 5.97. The van der Waals surface area contributed by atoms with E-state index in [1.54, 1.807) is 0 Å². The lowest BCUT2D eigenvalue weighted by Crippen LogP contribution is -2.35. The second-order valence-electron chi connectivity index (χ2n) is 9.36. The molecule has 1 unspecified atom stereocenters. The van der Waals surface area contributed by atoms with Crippen LogP contribution in [0.5, 0.6) is 0 Å². The van der Waals surface area contributed by atoms with Gasteiger partial charge in [0.1, 0.15) is 11.3 Å². The monoisotopic (exact) mass is 340 g/mol. The van der Waals surface area contributed by atoms with Crippen LogP contribution in [0.25, 0.3) is 0 Å². The highest BCUT2D eigenvalue weighted by Crippen LogP contribution is 2.66. The predicted molar refractivity (Wildman–Crippen MR) is 91.2 cm³/mol. The van der Waals surface area contributed by atoms with Crippen molar-refractivity contribution in [2.24, 2.45) is 22.4 Å². The number of nitrogens with zero attached hydrogens (tertiary/aromatic N) is 4. The molecule has 1 saturated heterocycles. The molecule has 3 heterocycles. The minimum absolute atomic E-state index is 0.0660. The number of carbonyl (C=O) groups is 1. The minimum Gasteiger partial charge on any atom is -0.389 e. The van der Waals surface area contributed by atoms with Crippen LogP contribution in [0.1, 0.15) is 56.4 Å². The zero-order chi connectivity index (χ0) is 17.0. The molecule has 2 aliphatic heterocycles. The molecule has 6 heteroatoms. The van der Waals surface area contributed by atoms with Gasteiger partial charge in [0.05, 0.1) is 12.0 Å². The van der Waals surface area contributed by atoms with Gasteiger partial charge in [-0.25, -0.2) is 4.98 Å². The summed E-state index contributed by atoms with van der Waals surface area (Å²) < 4.78 is 2.11. The molecular weight excluding hydrogens is 316 g/mol. The third-order valence-electron chi connectivity index (χ3n) is 7.71. The standard InChI is InChI=1S/C19H24N4O2/c1-17(3-4-17)23-10-14(20-11-23)16(24)22-8-12-13(9-22)18(12,2)15-7-19(5-6-19)25-21-15/h10-13H,3-9H2,1-2H3/t12-,13+,18?. The second kappa shape index (κ2) is 4.10. The average molecular weight is 340 g/mol. The number of imidazole rings is 1. The third-order valence-corrected chi connectivity index (χ3v) is 7.71. The summed E-state index contributed by atoms with van der Waals surface area (Å²) in [6, 6.07) is 0. The van der Waals surface area contributed by atoms with E-state index in [1.807, 2.05) is 17.4 Å². The summed E-state index contributed by atoms with van der Waals surface area (Å²) in [7, 11) is 0. The van der Waals surface area contributed by atoms with Gasteiger partial charge in [0.15, 0.2) is 0 Å². The summed E-state index contributed by atoms with van der Waals surface area (Å²) in [4.78, 5) is 24.9. The summed E-state index contributed by atoms with van der Waals surface area (Å²) in [5, 5.41) is 4.43. The Hall–Kier alpha value is -1.85. The van der Waals surface area contributed by atoms with Crippen LogP contribution in [0.3, 0.4) is 0 Å². The van der Waals surface area contributed by atoms with Gasteiger partial charge in [-0.15, -0.1) is 0 Å². The quantitative estimate of drug-likeness (QED) is 0.849. The lowest BCUT2D eigenvalue weighted by atomic mass is 9.91. The van der Waals surface area contributed by atoms with Crippen LogP contribution in [0.2, 0.25) is 0 Å². The second-order valence-corrected chi connectivity index (χ2v) is 9.36. The van der Waals surface area contributed by atoms with Crippen LogP contribution in [0.15, 0.2) is 17.7 Å². The van der Waals surface area contributed by atoms with Crippen molar-refractivity contribution in [3.63, 3.8) is 0 Å². The molecule has 1 amide bonds. The number of hydrogen-bond donors (Lipinski definition) is 0. The van der Waals surface area contributed by atoms with Crippen LogP contribution < -0.4 is 0 Å². The van der Waals surface area contributed by atoms with Crippen LogP contribution >= 0.6 is 0 Å². The number of carbonyl (C=O) groups excluding carboxylic acids is 1. The van der Waals surface area contributed by atoms with Crippen LogP contribution in [0.4, 0.5) is 0 Å². The molecule has 3 atom stereocenters. The Morgan fingerprint density at radius 1 is 1.20 bits per heavy atom. The highest BCUT2D eigenvalue weighted by atomic mass is 16.7. The first kappa shape index (κ1) is 14.3. The van der Waals surface area contributed by atoms with E-state index in [0.717, 1.165) is 32.4 Å². The maximum atomic E-state index is 12.8. The molecule has 1 aromatic heterocycles. The number of amides is 1.